The van der Waals surface area contributed by atoms with Crippen LogP contribution in [0.5, 0.6) is 0 Å². The molecule has 0 amide bonds. The van der Waals surface area contributed by atoms with E-state index in [1.165, 1.54) is 37.0 Å². The van der Waals surface area contributed by atoms with E-state index in [0.29, 0.717) is 12.2 Å². The molecule has 3 nitrogen and oxygen atoms in total. The molecule has 0 spiro atoms. The third-order valence-electron chi connectivity index (χ3n) is 7.51. The van der Waals surface area contributed by atoms with Gasteiger partial charge in [-0.3, -0.25) is 9.79 Å². The Balaban J connectivity index is 1.65. The van der Waals surface area contributed by atoms with Crippen LogP contribution >= 0.6 is 0 Å². The van der Waals surface area contributed by atoms with Crippen molar-refractivity contribution in [1.82, 2.24) is 0 Å². The highest BCUT2D eigenvalue weighted by molar-refractivity contribution is 5.88. The number of rotatable bonds is 7. The van der Waals surface area contributed by atoms with Crippen molar-refractivity contribution < 1.29 is 4.79 Å². The zero-order valence-corrected chi connectivity index (χ0v) is 19.3. The molecule has 2 atom stereocenters. The summed E-state index contributed by atoms with van der Waals surface area (Å²) in [5, 5.41) is 9.27. The summed E-state index contributed by atoms with van der Waals surface area (Å²) in [6, 6.07) is 8.21. The second-order valence-corrected chi connectivity index (χ2v) is 10.6. The van der Waals surface area contributed by atoms with Gasteiger partial charge in [0.05, 0.1) is 17.3 Å². The van der Waals surface area contributed by atoms with Crippen LogP contribution in [0.2, 0.25) is 0 Å². The van der Waals surface area contributed by atoms with Crippen LogP contribution in [-0.2, 0) is 11.2 Å². The lowest BCUT2D eigenvalue weighted by Gasteiger charge is -2.35. The van der Waals surface area contributed by atoms with Gasteiger partial charge in [0.25, 0.3) is 0 Å². The quantitative estimate of drug-likeness (QED) is 0.450. The number of benzene rings is 1. The Labute approximate surface area is 183 Å². The van der Waals surface area contributed by atoms with Crippen molar-refractivity contribution in [3.63, 3.8) is 0 Å². The fourth-order valence-corrected chi connectivity index (χ4v) is 4.73. The van der Waals surface area contributed by atoms with Gasteiger partial charge in [0.2, 0.25) is 0 Å². The van der Waals surface area contributed by atoms with Crippen LogP contribution in [-0.4, -0.2) is 11.5 Å². The number of nitrogens with zero attached hydrogens (tertiary/aromatic N) is 2. The minimum Gasteiger partial charge on any atom is -0.299 e. The molecule has 1 saturated carbocycles. The largest absolute Gasteiger partial charge is 0.299 e. The molecule has 1 aromatic carbocycles. The fraction of sp³-hybridized carbons (Fsp3) is 0.667. The van der Waals surface area contributed by atoms with E-state index in [9.17, 15) is 10.1 Å². The zero-order valence-electron chi connectivity index (χ0n) is 19.3. The van der Waals surface area contributed by atoms with Gasteiger partial charge in [0.1, 0.15) is 5.78 Å². The molecule has 0 bridgehead atoms. The van der Waals surface area contributed by atoms with Gasteiger partial charge in [-0.1, -0.05) is 47.0 Å². The molecule has 0 aromatic heterocycles. The molecule has 1 unspecified atom stereocenters. The standard InChI is InChI=1S/C27H38N2O/c1-19(27(2,3)4)26(30)11-6-5-10-24-17-22(21-8-7-9-21)13-14-23-16-20(18-28)12-15-25(23)29-24/h12,15-16,19,21-22H,5-11,13-14,17H2,1-4H3/t19-,22?/m0/s1. The Morgan fingerprint density at radius 3 is 2.60 bits per heavy atom. The summed E-state index contributed by atoms with van der Waals surface area (Å²) in [5.74, 6) is 2.08. The predicted octanol–water partition coefficient (Wildman–Crippen LogP) is 7.20. The number of Topliss-reactive ketones (excluding diaryl/α,β-unsaturated/α-hetero) is 1. The molecule has 1 heterocycles. The molecule has 1 aliphatic carbocycles. The van der Waals surface area contributed by atoms with Gasteiger partial charge in [-0.25, -0.2) is 0 Å². The molecule has 2 aliphatic rings. The predicted molar refractivity (Wildman–Crippen MR) is 124 cm³/mol. The first-order valence-corrected chi connectivity index (χ1v) is 11.9. The summed E-state index contributed by atoms with van der Waals surface area (Å²) < 4.78 is 0. The Bertz CT molecular complexity index is 820. The molecule has 0 saturated heterocycles. The van der Waals surface area contributed by atoms with E-state index in [4.69, 9.17) is 4.99 Å². The Hall–Kier alpha value is -1.95. The lowest BCUT2D eigenvalue weighted by Crippen LogP contribution is -2.26. The average Bonchev–Trinajstić information content (AvgIpc) is 2.65. The van der Waals surface area contributed by atoms with Crippen LogP contribution in [0.25, 0.3) is 0 Å². The number of nitriles is 1. The van der Waals surface area contributed by atoms with Crippen LogP contribution in [0.15, 0.2) is 23.2 Å². The maximum atomic E-state index is 12.5. The summed E-state index contributed by atoms with van der Waals surface area (Å²) in [5.41, 5.74) is 4.35. The van der Waals surface area contributed by atoms with E-state index < -0.39 is 0 Å². The van der Waals surface area contributed by atoms with Crippen molar-refractivity contribution in [2.45, 2.75) is 91.9 Å². The highest BCUT2D eigenvalue weighted by Gasteiger charge is 2.29. The van der Waals surface area contributed by atoms with Crippen molar-refractivity contribution in [1.29, 1.82) is 5.26 Å². The first kappa shape index (κ1) is 22.7. The number of fused-ring (bicyclic) bond motifs is 1. The maximum absolute atomic E-state index is 12.5. The molecule has 3 heteroatoms. The average molecular weight is 407 g/mol. The topological polar surface area (TPSA) is 53.2 Å². The van der Waals surface area contributed by atoms with E-state index in [1.807, 2.05) is 18.2 Å². The first-order chi connectivity index (χ1) is 14.3. The highest BCUT2D eigenvalue weighted by atomic mass is 16.1. The summed E-state index contributed by atoms with van der Waals surface area (Å²) in [6.45, 7) is 8.51. The van der Waals surface area contributed by atoms with E-state index in [1.54, 1.807) is 0 Å². The molecule has 1 fully saturated rings. The van der Waals surface area contributed by atoms with E-state index >= 15 is 0 Å². The second kappa shape index (κ2) is 9.90. The molecular weight excluding hydrogens is 368 g/mol. The molecule has 30 heavy (non-hydrogen) atoms. The molecule has 162 valence electrons. The smallest absolute Gasteiger partial charge is 0.136 e. The molecule has 0 radical (unpaired) electrons. The number of aliphatic imine (C=N–C) groups is 1. The van der Waals surface area contributed by atoms with Gasteiger partial charge in [0.15, 0.2) is 0 Å². The van der Waals surface area contributed by atoms with Crippen molar-refractivity contribution in [2.24, 2.45) is 28.2 Å². The second-order valence-electron chi connectivity index (χ2n) is 10.6. The molecule has 1 aliphatic heterocycles. The number of ketones is 1. The normalized spacial score (nSPS) is 20.8. The van der Waals surface area contributed by atoms with Crippen LogP contribution in [0.3, 0.4) is 0 Å². The highest BCUT2D eigenvalue weighted by Crippen LogP contribution is 2.40. The van der Waals surface area contributed by atoms with Crippen molar-refractivity contribution in [2.75, 3.05) is 0 Å². The van der Waals surface area contributed by atoms with Gasteiger partial charge in [-0.15, -0.1) is 0 Å². The van der Waals surface area contributed by atoms with Gasteiger partial charge < -0.3 is 0 Å². The van der Waals surface area contributed by atoms with Gasteiger partial charge in [-0.2, -0.15) is 5.26 Å². The third-order valence-corrected chi connectivity index (χ3v) is 7.51. The van der Waals surface area contributed by atoms with Crippen LogP contribution in [0.4, 0.5) is 5.69 Å². The van der Waals surface area contributed by atoms with E-state index in [-0.39, 0.29) is 11.3 Å². The number of hydrogen-bond donors (Lipinski definition) is 0. The summed E-state index contributed by atoms with van der Waals surface area (Å²) in [4.78, 5) is 17.6. The number of unbranched alkanes of at least 4 members (excludes halogenated alkanes) is 1. The van der Waals surface area contributed by atoms with Crippen LogP contribution in [0, 0.1) is 34.5 Å². The maximum Gasteiger partial charge on any atom is 0.136 e. The first-order valence-electron chi connectivity index (χ1n) is 11.9. The Morgan fingerprint density at radius 2 is 1.97 bits per heavy atom. The lowest BCUT2D eigenvalue weighted by molar-refractivity contribution is -0.125. The van der Waals surface area contributed by atoms with Crippen LogP contribution < -0.4 is 0 Å². The zero-order chi connectivity index (χ0) is 21.7. The van der Waals surface area contributed by atoms with Crippen LogP contribution in [0.1, 0.15) is 96.6 Å². The van der Waals surface area contributed by atoms with E-state index in [2.05, 4.69) is 33.8 Å². The van der Waals surface area contributed by atoms with Crippen molar-refractivity contribution in [3.05, 3.63) is 29.3 Å². The van der Waals surface area contributed by atoms with Gasteiger partial charge >= 0.3 is 0 Å². The molecule has 0 N–H and O–H groups in total. The van der Waals surface area contributed by atoms with Crippen molar-refractivity contribution >= 4 is 17.2 Å². The van der Waals surface area contributed by atoms with Gasteiger partial charge in [-0.05, 0) is 79.5 Å². The summed E-state index contributed by atoms with van der Waals surface area (Å²) in [6.07, 6.45) is 11.1. The lowest BCUT2D eigenvalue weighted by atomic mass is 9.71. The summed E-state index contributed by atoms with van der Waals surface area (Å²) >= 11 is 0. The number of carbonyl (C=O) groups excluding carboxylic acids is 1. The number of aryl methyl sites for hydroxylation is 1. The van der Waals surface area contributed by atoms with Gasteiger partial charge in [0, 0.05) is 18.1 Å². The Kier molecular flexibility index (Phi) is 7.50. The third kappa shape index (κ3) is 5.81. The number of carbonyl (C=O) groups is 1. The monoisotopic (exact) mass is 406 g/mol. The van der Waals surface area contributed by atoms with E-state index in [0.717, 1.165) is 55.2 Å². The SMILES string of the molecule is C[C@@H](C(=O)CCCCC1=Nc2ccc(C#N)cc2CCC(C2CCC2)C1)C(C)(C)C. The minimum absolute atomic E-state index is 0.0443. The van der Waals surface area contributed by atoms with Crippen molar-refractivity contribution in [3.8, 4) is 6.07 Å². The molecule has 1 aromatic rings. The molecular formula is C27H38N2O. The Morgan fingerprint density at radius 1 is 1.20 bits per heavy atom. The number of hydrogen-bond acceptors (Lipinski definition) is 3. The minimum atomic E-state index is 0.0443. The summed E-state index contributed by atoms with van der Waals surface area (Å²) in [7, 11) is 0. The fourth-order valence-electron chi connectivity index (χ4n) is 4.73. The molecule has 3 rings (SSSR count).